The van der Waals surface area contributed by atoms with E-state index in [1.807, 2.05) is 57.2 Å². The number of hydrogen-bond donors (Lipinski definition) is 0. The van der Waals surface area contributed by atoms with E-state index in [-0.39, 0.29) is 12.5 Å². The van der Waals surface area contributed by atoms with Crippen LogP contribution >= 0.6 is 11.3 Å². The minimum Gasteiger partial charge on any atom is -0.494 e. The van der Waals surface area contributed by atoms with Crippen molar-refractivity contribution >= 4 is 32.6 Å². The van der Waals surface area contributed by atoms with Crippen LogP contribution in [0.5, 0.6) is 5.75 Å². The number of aryl methyl sites for hydroxylation is 2. The average molecular weight is 422 g/mol. The molecule has 0 saturated heterocycles. The molecule has 0 atom stereocenters. The lowest BCUT2D eigenvalue weighted by molar-refractivity contribution is -0.119. The molecular weight excluding hydrogens is 398 g/mol. The van der Waals surface area contributed by atoms with E-state index in [1.165, 1.54) is 11.3 Å². The predicted octanol–water partition coefficient (Wildman–Crippen LogP) is 4.14. The van der Waals surface area contributed by atoms with Crippen LogP contribution in [0.25, 0.3) is 10.2 Å². The molecule has 0 aliphatic rings. The molecule has 0 fully saturated rings. The number of rotatable bonds is 7. The minimum absolute atomic E-state index is 0.0749. The van der Waals surface area contributed by atoms with Crippen molar-refractivity contribution in [2.24, 2.45) is 0 Å². The van der Waals surface area contributed by atoms with Gasteiger partial charge in [0, 0.05) is 18.1 Å². The van der Waals surface area contributed by atoms with Gasteiger partial charge in [0.2, 0.25) is 0 Å². The second-order valence-corrected chi connectivity index (χ2v) is 7.99. The second kappa shape index (κ2) is 8.62. The Hall–Kier alpha value is -3.26. The van der Waals surface area contributed by atoms with Crippen molar-refractivity contribution in [1.29, 1.82) is 0 Å². The molecule has 0 spiro atoms. The van der Waals surface area contributed by atoms with Gasteiger partial charge in [-0.2, -0.15) is 5.10 Å². The van der Waals surface area contributed by atoms with E-state index in [4.69, 9.17) is 9.72 Å². The molecule has 0 bridgehead atoms. The molecule has 1 amide bonds. The first kappa shape index (κ1) is 20.0. The van der Waals surface area contributed by atoms with Crippen LogP contribution in [0, 0.1) is 13.8 Å². The molecule has 0 aliphatic heterocycles. The van der Waals surface area contributed by atoms with Gasteiger partial charge in [-0.1, -0.05) is 17.4 Å². The Morgan fingerprint density at radius 2 is 2.10 bits per heavy atom. The molecule has 0 radical (unpaired) electrons. The number of carbonyl (C=O) groups is 1. The normalized spacial score (nSPS) is 11.0. The number of fused-ring (bicyclic) bond motifs is 1. The smallest absolute Gasteiger partial charge is 0.250 e. The standard InChI is InChI=1S/C22H23N5O2S/c1-4-29-18-7-8-19-20(11-18)30-22(24-19)26(13-17-6-5-9-23-12-17)21(28)14-27-16(3)10-15(2)25-27/h5-12H,4,13-14H2,1-3H3. The molecule has 0 saturated carbocycles. The Kier molecular flexibility index (Phi) is 5.76. The number of nitrogens with zero attached hydrogens (tertiary/aromatic N) is 5. The number of carbonyl (C=O) groups excluding carboxylic acids is 1. The maximum Gasteiger partial charge on any atom is 0.250 e. The molecule has 1 aromatic carbocycles. The molecule has 7 nitrogen and oxygen atoms in total. The fraction of sp³-hybridized carbons (Fsp3) is 0.273. The maximum atomic E-state index is 13.3. The van der Waals surface area contributed by atoms with Crippen molar-refractivity contribution in [2.75, 3.05) is 11.5 Å². The monoisotopic (exact) mass is 421 g/mol. The minimum atomic E-state index is -0.0749. The highest BCUT2D eigenvalue weighted by Crippen LogP contribution is 2.32. The molecule has 154 valence electrons. The van der Waals surface area contributed by atoms with Crippen molar-refractivity contribution < 1.29 is 9.53 Å². The number of thiazole rings is 1. The Morgan fingerprint density at radius 1 is 1.23 bits per heavy atom. The lowest BCUT2D eigenvalue weighted by Gasteiger charge is -2.20. The van der Waals surface area contributed by atoms with Gasteiger partial charge in [0.05, 0.1) is 29.1 Å². The predicted molar refractivity (Wildman–Crippen MR) is 118 cm³/mol. The fourth-order valence-corrected chi connectivity index (χ4v) is 4.26. The molecule has 4 rings (SSSR count). The Balaban J connectivity index is 1.68. The number of benzene rings is 1. The Labute approximate surface area is 179 Å². The van der Waals surface area contributed by atoms with Crippen LogP contribution in [0.4, 0.5) is 5.13 Å². The number of pyridine rings is 1. The van der Waals surface area contributed by atoms with Crippen molar-refractivity contribution in [3.63, 3.8) is 0 Å². The molecule has 4 aromatic rings. The summed E-state index contributed by atoms with van der Waals surface area (Å²) in [6, 6.07) is 11.6. The van der Waals surface area contributed by atoms with E-state index >= 15 is 0 Å². The van der Waals surface area contributed by atoms with Crippen LogP contribution in [0.2, 0.25) is 0 Å². The number of hydrogen-bond acceptors (Lipinski definition) is 6. The van der Waals surface area contributed by atoms with Crippen LogP contribution in [0.3, 0.4) is 0 Å². The molecule has 3 aromatic heterocycles. The Morgan fingerprint density at radius 3 is 2.80 bits per heavy atom. The quantitative estimate of drug-likeness (QED) is 0.448. The average Bonchev–Trinajstić information content (AvgIpc) is 3.29. The zero-order valence-corrected chi connectivity index (χ0v) is 18.0. The van der Waals surface area contributed by atoms with E-state index in [0.29, 0.717) is 18.3 Å². The van der Waals surface area contributed by atoms with Crippen LogP contribution in [-0.4, -0.2) is 32.3 Å². The summed E-state index contributed by atoms with van der Waals surface area (Å²) in [7, 11) is 0. The van der Waals surface area contributed by atoms with Gasteiger partial charge >= 0.3 is 0 Å². The maximum absolute atomic E-state index is 13.3. The molecule has 0 N–H and O–H groups in total. The van der Waals surface area contributed by atoms with E-state index in [9.17, 15) is 4.79 Å². The highest BCUT2D eigenvalue weighted by Gasteiger charge is 2.22. The summed E-state index contributed by atoms with van der Waals surface area (Å²) in [5, 5.41) is 5.08. The van der Waals surface area contributed by atoms with Crippen molar-refractivity contribution in [3.05, 3.63) is 65.7 Å². The second-order valence-electron chi connectivity index (χ2n) is 6.98. The topological polar surface area (TPSA) is 73.1 Å². The van der Waals surface area contributed by atoms with Crippen LogP contribution < -0.4 is 9.64 Å². The van der Waals surface area contributed by atoms with Crippen LogP contribution in [0.1, 0.15) is 23.9 Å². The first-order chi connectivity index (χ1) is 14.5. The summed E-state index contributed by atoms with van der Waals surface area (Å²) in [5.74, 6) is 0.724. The van der Waals surface area contributed by atoms with Gasteiger partial charge in [-0.15, -0.1) is 0 Å². The molecular formula is C22H23N5O2S. The number of ether oxygens (including phenoxy) is 1. The van der Waals surface area contributed by atoms with Gasteiger partial charge < -0.3 is 4.74 Å². The third kappa shape index (κ3) is 4.33. The summed E-state index contributed by atoms with van der Waals surface area (Å²) in [6.45, 7) is 6.97. The van der Waals surface area contributed by atoms with Gasteiger partial charge in [-0.25, -0.2) is 4.98 Å². The summed E-state index contributed by atoms with van der Waals surface area (Å²) >= 11 is 1.48. The first-order valence-corrected chi connectivity index (χ1v) is 10.6. The fourth-order valence-electron chi connectivity index (χ4n) is 3.25. The summed E-state index contributed by atoms with van der Waals surface area (Å²) in [4.78, 5) is 23.9. The zero-order chi connectivity index (χ0) is 21.1. The number of aromatic nitrogens is 4. The molecule has 0 aliphatic carbocycles. The van der Waals surface area contributed by atoms with Gasteiger partial charge in [-0.05, 0) is 56.7 Å². The molecule has 8 heteroatoms. The summed E-state index contributed by atoms with van der Waals surface area (Å²) in [6.07, 6.45) is 3.49. The SMILES string of the molecule is CCOc1ccc2nc(N(Cc3cccnc3)C(=O)Cn3nc(C)cc3C)sc2c1. The lowest BCUT2D eigenvalue weighted by Crippen LogP contribution is -2.34. The largest absolute Gasteiger partial charge is 0.494 e. The van der Waals surface area contributed by atoms with E-state index < -0.39 is 0 Å². The third-order valence-electron chi connectivity index (χ3n) is 4.64. The van der Waals surface area contributed by atoms with Crippen molar-refractivity contribution in [1.82, 2.24) is 19.7 Å². The lowest BCUT2D eigenvalue weighted by atomic mass is 10.2. The highest BCUT2D eigenvalue weighted by molar-refractivity contribution is 7.22. The molecule has 0 unspecified atom stereocenters. The summed E-state index contributed by atoms with van der Waals surface area (Å²) < 4.78 is 8.31. The molecule has 3 heterocycles. The number of anilines is 1. The van der Waals surface area contributed by atoms with Crippen LogP contribution in [0.15, 0.2) is 48.8 Å². The van der Waals surface area contributed by atoms with Gasteiger partial charge in [0.1, 0.15) is 12.3 Å². The Bertz CT molecular complexity index is 1170. The van der Waals surface area contributed by atoms with Gasteiger partial charge in [0.25, 0.3) is 5.91 Å². The van der Waals surface area contributed by atoms with E-state index in [1.54, 1.807) is 22.0 Å². The molecule has 30 heavy (non-hydrogen) atoms. The van der Waals surface area contributed by atoms with E-state index in [2.05, 4.69) is 10.1 Å². The van der Waals surface area contributed by atoms with Gasteiger partial charge in [-0.3, -0.25) is 19.4 Å². The third-order valence-corrected chi connectivity index (χ3v) is 5.68. The van der Waals surface area contributed by atoms with Gasteiger partial charge in [0.15, 0.2) is 5.13 Å². The number of amides is 1. The van der Waals surface area contributed by atoms with Crippen molar-refractivity contribution in [2.45, 2.75) is 33.9 Å². The highest BCUT2D eigenvalue weighted by atomic mass is 32.1. The van der Waals surface area contributed by atoms with Crippen LogP contribution in [-0.2, 0) is 17.9 Å². The zero-order valence-electron chi connectivity index (χ0n) is 17.2. The summed E-state index contributed by atoms with van der Waals surface area (Å²) in [5.41, 5.74) is 3.62. The van der Waals surface area contributed by atoms with E-state index in [0.717, 1.165) is 32.9 Å². The van der Waals surface area contributed by atoms with Crippen molar-refractivity contribution in [3.8, 4) is 5.75 Å². The first-order valence-electron chi connectivity index (χ1n) is 9.77.